The third kappa shape index (κ3) is 2.34. The standard InChI is InChI=1S/C14H15NO/c1-2-16-14-5-3-4-12(10-14)11-6-8-13(15)9-7-11/h3-10H,2,15H2,1H3. The molecule has 2 rings (SSSR count). The van der Waals surface area contributed by atoms with Crippen LogP contribution in [-0.2, 0) is 0 Å². The van der Waals surface area contributed by atoms with Crippen LogP contribution >= 0.6 is 0 Å². The van der Waals surface area contributed by atoms with E-state index in [2.05, 4.69) is 6.07 Å². The predicted octanol–water partition coefficient (Wildman–Crippen LogP) is 3.33. The van der Waals surface area contributed by atoms with E-state index < -0.39 is 0 Å². The summed E-state index contributed by atoms with van der Waals surface area (Å²) in [6, 6.07) is 15.9. The fourth-order valence-electron chi connectivity index (χ4n) is 1.61. The molecule has 2 nitrogen and oxygen atoms in total. The van der Waals surface area contributed by atoms with Crippen LogP contribution in [0.25, 0.3) is 11.1 Å². The first-order valence-electron chi connectivity index (χ1n) is 5.38. The second-order valence-electron chi connectivity index (χ2n) is 3.58. The monoisotopic (exact) mass is 213 g/mol. The molecule has 16 heavy (non-hydrogen) atoms. The molecule has 0 bridgehead atoms. The second kappa shape index (κ2) is 4.71. The van der Waals surface area contributed by atoms with Crippen molar-refractivity contribution in [1.82, 2.24) is 0 Å². The highest BCUT2D eigenvalue weighted by Gasteiger charge is 1.99. The van der Waals surface area contributed by atoms with E-state index in [1.54, 1.807) is 0 Å². The molecule has 2 N–H and O–H groups in total. The topological polar surface area (TPSA) is 35.2 Å². The van der Waals surface area contributed by atoms with Gasteiger partial charge < -0.3 is 10.5 Å². The van der Waals surface area contributed by atoms with Crippen molar-refractivity contribution in [3.63, 3.8) is 0 Å². The minimum atomic E-state index is 0.686. The first kappa shape index (κ1) is 10.6. The number of nitrogens with two attached hydrogens (primary N) is 1. The maximum atomic E-state index is 5.66. The number of ether oxygens (including phenoxy) is 1. The van der Waals surface area contributed by atoms with Crippen molar-refractivity contribution in [2.24, 2.45) is 0 Å². The Bertz CT molecular complexity index is 462. The molecule has 0 atom stereocenters. The minimum absolute atomic E-state index is 0.686. The van der Waals surface area contributed by atoms with E-state index in [0.29, 0.717) is 6.61 Å². The highest BCUT2D eigenvalue weighted by molar-refractivity contribution is 5.66. The molecule has 0 heterocycles. The van der Waals surface area contributed by atoms with Crippen molar-refractivity contribution < 1.29 is 4.74 Å². The van der Waals surface area contributed by atoms with E-state index >= 15 is 0 Å². The Kier molecular flexibility index (Phi) is 3.10. The summed E-state index contributed by atoms with van der Waals surface area (Å²) < 4.78 is 5.47. The molecule has 0 aliphatic heterocycles. The second-order valence-corrected chi connectivity index (χ2v) is 3.58. The molecule has 0 radical (unpaired) electrons. The van der Waals surface area contributed by atoms with Gasteiger partial charge in [0.1, 0.15) is 5.75 Å². The molecule has 2 aromatic carbocycles. The van der Waals surface area contributed by atoms with Crippen molar-refractivity contribution in [3.05, 3.63) is 48.5 Å². The summed E-state index contributed by atoms with van der Waals surface area (Å²) in [6.45, 7) is 2.67. The number of hydrogen-bond donors (Lipinski definition) is 1. The Morgan fingerprint density at radius 1 is 1.00 bits per heavy atom. The van der Waals surface area contributed by atoms with E-state index in [4.69, 9.17) is 10.5 Å². The first-order chi connectivity index (χ1) is 7.79. The van der Waals surface area contributed by atoms with Crippen LogP contribution in [0.1, 0.15) is 6.92 Å². The fraction of sp³-hybridized carbons (Fsp3) is 0.143. The van der Waals surface area contributed by atoms with Crippen LogP contribution in [0.3, 0.4) is 0 Å². The Hall–Kier alpha value is -1.96. The summed E-state index contributed by atoms with van der Waals surface area (Å²) in [6.07, 6.45) is 0. The summed E-state index contributed by atoms with van der Waals surface area (Å²) in [5.74, 6) is 0.900. The van der Waals surface area contributed by atoms with Crippen LogP contribution in [0.5, 0.6) is 5.75 Å². The van der Waals surface area contributed by atoms with Gasteiger partial charge in [-0.2, -0.15) is 0 Å². The summed E-state index contributed by atoms with van der Waals surface area (Å²) in [4.78, 5) is 0. The van der Waals surface area contributed by atoms with E-state index in [-0.39, 0.29) is 0 Å². The number of anilines is 1. The Labute approximate surface area is 95.7 Å². The lowest BCUT2D eigenvalue weighted by molar-refractivity contribution is 0.340. The van der Waals surface area contributed by atoms with Gasteiger partial charge in [0.25, 0.3) is 0 Å². The minimum Gasteiger partial charge on any atom is -0.494 e. The Morgan fingerprint density at radius 2 is 1.75 bits per heavy atom. The zero-order chi connectivity index (χ0) is 11.4. The lowest BCUT2D eigenvalue weighted by atomic mass is 10.1. The largest absolute Gasteiger partial charge is 0.494 e. The van der Waals surface area contributed by atoms with Gasteiger partial charge >= 0.3 is 0 Å². The number of hydrogen-bond acceptors (Lipinski definition) is 2. The van der Waals surface area contributed by atoms with Gasteiger partial charge in [0.05, 0.1) is 6.61 Å². The molecule has 0 aliphatic carbocycles. The normalized spacial score (nSPS) is 10.1. The summed E-state index contributed by atoms with van der Waals surface area (Å²) >= 11 is 0. The van der Waals surface area contributed by atoms with Crippen molar-refractivity contribution in [2.45, 2.75) is 6.92 Å². The third-order valence-corrected chi connectivity index (χ3v) is 2.39. The zero-order valence-electron chi connectivity index (χ0n) is 9.31. The lowest BCUT2D eigenvalue weighted by Gasteiger charge is -2.06. The van der Waals surface area contributed by atoms with Gasteiger partial charge in [0.15, 0.2) is 0 Å². The van der Waals surface area contributed by atoms with Gasteiger partial charge in [-0.15, -0.1) is 0 Å². The van der Waals surface area contributed by atoms with Crippen LogP contribution in [-0.4, -0.2) is 6.61 Å². The van der Waals surface area contributed by atoms with Crippen LogP contribution in [0.15, 0.2) is 48.5 Å². The first-order valence-corrected chi connectivity index (χ1v) is 5.38. The summed E-state index contributed by atoms with van der Waals surface area (Å²) in [5, 5.41) is 0. The highest BCUT2D eigenvalue weighted by Crippen LogP contribution is 2.24. The SMILES string of the molecule is CCOc1cccc(-c2ccc(N)cc2)c1. The number of rotatable bonds is 3. The van der Waals surface area contributed by atoms with E-state index in [1.165, 1.54) is 0 Å². The van der Waals surface area contributed by atoms with Gasteiger partial charge in [0, 0.05) is 5.69 Å². The van der Waals surface area contributed by atoms with Crippen LogP contribution in [0, 0.1) is 0 Å². The average molecular weight is 213 g/mol. The maximum Gasteiger partial charge on any atom is 0.119 e. The van der Waals surface area contributed by atoms with Gasteiger partial charge in [-0.05, 0) is 42.3 Å². The average Bonchev–Trinajstić information content (AvgIpc) is 2.31. The van der Waals surface area contributed by atoms with Crippen LogP contribution in [0.4, 0.5) is 5.69 Å². The summed E-state index contributed by atoms with van der Waals surface area (Å²) in [7, 11) is 0. The zero-order valence-corrected chi connectivity index (χ0v) is 9.31. The molecule has 0 fully saturated rings. The molecule has 0 saturated carbocycles. The van der Waals surface area contributed by atoms with Crippen molar-refractivity contribution in [3.8, 4) is 16.9 Å². The van der Waals surface area contributed by atoms with Crippen molar-refractivity contribution in [1.29, 1.82) is 0 Å². The smallest absolute Gasteiger partial charge is 0.119 e. The molecule has 82 valence electrons. The van der Waals surface area contributed by atoms with Crippen molar-refractivity contribution in [2.75, 3.05) is 12.3 Å². The summed E-state index contributed by atoms with van der Waals surface area (Å²) in [5.41, 5.74) is 8.73. The Balaban J connectivity index is 2.32. The highest BCUT2D eigenvalue weighted by atomic mass is 16.5. The molecule has 2 aromatic rings. The van der Waals surface area contributed by atoms with E-state index in [0.717, 1.165) is 22.6 Å². The molecule has 0 aromatic heterocycles. The fourth-order valence-corrected chi connectivity index (χ4v) is 1.61. The number of benzene rings is 2. The van der Waals surface area contributed by atoms with Crippen LogP contribution < -0.4 is 10.5 Å². The van der Waals surface area contributed by atoms with E-state index in [1.807, 2.05) is 49.4 Å². The predicted molar refractivity (Wildman–Crippen MR) is 67.5 cm³/mol. The third-order valence-electron chi connectivity index (χ3n) is 2.39. The van der Waals surface area contributed by atoms with Gasteiger partial charge in [0.2, 0.25) is 0 Å². The molecule has 0 amide bonds. The maximum absolute atomic E-state index is 5.66. The van der Waals surface area contributed by atoms with E-state index in [9.17, 15) is 0 Å². The molecule has 0 aliphatic rings. The quantitative estimate of drug-likeness (QED) is 0.794. The Morgan fingerprint density at radius 3 is 2.44 bits per heavy atom. The molecular formula is C14H15NO. The van der Waals surface area contributed by atoms with Crippen LogP contribution in [0.2, 0.25) is 0 Å². The molecule has 0 unspecified atom stereocenters. The number of nitrogen functional groups attached to an aromatic ring is 1. The molecule has 0 saturated heterocycles. The molecule has 2 heteroatoms. The molecule has 0 spiro atoms. The molecular weight excluding hydrogens is 198 g/mol. The van der Waals surface area contributed by atoms with Gasteiger partial charge in [-0.3, -0.25) is 0 Å². The van der Waals surface area contributed by atoms with Gasteiger partial charge in [-0.1, -0.05) is 24.3 Å². The van der Waals surface area contributed by atoms with Gasteiger partial charge in [-0.25, -0.2) is 0 Å². The van der Waals surface area contributed by atoms with Crippen molar-refractivity contribution >= 4 is 5.69 Å². The lowest BCUT2D eigenvalue weighted by Crippen LogP contribution is -1.91.